The van der Waals surface area contributed by atoms with Gasteiger partial charge in [0.2, 0.25) is 0 Å². The van der Waals surface area contributed by atoms with Gasteiger partial charge < -0.3 is 15.1 Å². The maximum Gasteiger partial charge on any atom is 0.0376 e. The predicted molar refractivity (Wildman–Crippen MR) is 91.7 cm³/mol. The largest absolute Gasteiger partial charge is 0.312 e. The maximum atomic E-state index is 3.94. The molecule has 1 N–H and O–H groups in total. The molecule has 3 nitrogen and oxygen atoms in total. The quantitative estimate of drug-likeness (QED) is 0.841. The molecule has 4 unspecified atom stereocenters. The highest BCUT2D eigenvalue weighted by atomic mass is 15.2. The van der Waals surface area contributed by atoms with E-state index in [4.69, 9.17) is 0 Å². The molecule has 2 aliphatic rings. The second-order valence-corrected chi connectivity index (χ2v) is 7.68. The molecule has 0 radical (unpaired) electrons. The summed E-state index contributed by atoms with van der Waals surface area (Å²) in [5.74, 6) is 1.79. The van der Waals surface area contributed by atoms with Crippen molar-refractivity contribution in [3.63, 3.8) is 0 Å². The lowest BCUT2D eigenvalue weighted by Crippen LogP contribution is -2.56. The molecule has 0 spiro atoms. The van der Waals surface area contributed by atoms with E-state index < -0.39 is 0 Å². The monoisotopic (exact) mass is 295 g/mol. The Morgan fingerprint density at radius 2 is 1.95 bits per heavy atom. The molecule has 2 fully saturated rings. The summed E-state index contributed by atoms with van der Waals surface area (Å²) < 4.78 is 0. The SMILES string of the molecule is CCCNC(C1CCCC(C)C1)C1CN(C)CCCN1C. The van der Waals surface area contributed by atoms with Gasteiger partial charge >= 0.3 is 0 Å². The summed E-state index contributed by atoms with van der Waals surface area (Å²) in [6.07, 6.45) is 8.28. The summed E-state index contributed by atoms with van der Waals surface area (Å²) in [5, 5.41) is 3.94. The van der Waals surface area contributed by atoms with Crippen molar-refractivity contribution in [3.05, 3.63) is 0 Å². The topological polar surface area (TPSA) is 18.5 Å². The first-order valence-corrected chi connectivity index (χ1v) is 9.24. The Kier molecular flexibility index (Phi) is 6.97. The summed E-state index contributed by atoms with van der Waals surface area (Å²) in [5.41, 5.74) is 0. The van der Waals surface area contributed by atoms with E-state index in [-0.39, 0.29) is 0 Å². The van der Waals surface area contributed by atoms with Crippen LogP contribution in [0.4, 0.5) is 0 Å². The third kappa shape index (κ3) is 4.94. The molecule has 0 aromatic carbocycles. The van der Waals surface area contributed by atoms with E-state index >= 15 is 0 Å². The van der Waals surface area contributed by atoms with Crippen molar-refractivity contribution in [1.82, 2.24) is 15.1 Å². The lowest BCUT2D eigenvalue weighted by atomic mass is 9.76. The number of hydrogen-bond donors (Lipinski definition) is 1. The zero-order valence-corrected chi connectivity index (χ0v) is 14.8. The standard InChI is InChI=1S/C18H37N3/c1-5-10-19-18(16-9-6-8-15(2)13-16)17-14-20(3)11-7-12-21(17)4/h15-19H,5-14H2,1-4H3. The molecule has 21 heavy (non-hydrogen) atoms. The Morgan fingerprint density at radius 1 is 1.14 bits per heavy atom. The van der Waals surface area contributed by atoms with Crippen LogP contribution in [0.2, 0.25) is 0 Å². The molecule has 0 bridgehead atoms. The minimum Gasteiger partial charge on any atom is -0.312 e. The van der Waals surface area contributed by atoms with E-state index in [0.29, 0.717) is 12.1 Å². The van der Waals surface area contributed by atoms with Crippen LogP contribution in [0.25, 0.3) is 0 Å². The van der Waals surface area contributed by atoms with Gasteiger partial charge in [0.25, 0.3) is 0 Å². The first kappa shape index (κ1) is 17.2. The molecule has 0 aromatic heterocycles. The van der Waals surface area contributed by atoms with Gasteiger partial charge in [0.15, 0.2) is 0 Å². The van der Waals surface area contributed by atoms with Crippen molar-refractivity contribution in [3.8, 4) is 0 Å². The lowest BCUT2D eigenvalue weighted by molar-refractivity contribution is 0.114. The Labute approximate surface area is 132 Å². The average Bonchev–Trinajstić information content (AvgIpc) is 2.61. The Hall–Kier alpha value is -0.120. The fraction of sp³-hybridized carbons (Fsp3) is 1.00. The van der Waals surface area contributed by atoms with Crippen LogP contribution in [0.3, 0.4) is 0 Å². The molecule has 3 heteroatoms. The van der Waals surface area contributed by atoms with Crippen LogP contribution in [-0.4, -0.2) is 62.2 Å². The molecule has 124 valence electrons. The fourth-order valence-corrected chi connectivity index (χ4v) is 4.43. The van der Waals surface area contributed by atoms with E-state index in [1.54, 1.807) is 0 Å². The zero-order chi connectivity index (χ0) is 15.2. The lowest BCUT2D eigenvalue weighted by Gasteiger charge is -2.42. The third-order valence-electron chi connectivity index (χ3n) is 5.64. The van der Waals surface area contributed by atoms with Gasteiger partial charge in [-0.3, -0.25) is 0 Å². The summed E-state index contributed by atoms with van der Waals surface area (Å²) in [7, 11) is 4.64. The van der Waals surface area contributed by atoms with Crippen molar-refractivity contribution in [1.29, 1.82) is 0 Å². The van der Waals surface area contributed by atoms with E-state index in [1.807, 2.05) is 0 Å². The third-order valence-corrected chi connectivity index (χ3v) is 5.64. The molecule has 2 rings (SSSR count). The molecular weight excluding hydrogens is 258 g/mol. The Morgan fingerprint density at radius 3 is 2.67 bits per heavy atom. The van der Waals surface area contributed by atoms with Gasteiger partial charge in [0.05, 0.1) is 0 Å². The highest BCUT2D eigenvalue weighted by molar-refractivity contribution is 4.93. The maximum absolute atomic E-state index is 3.94. The molecular formula is C18H37N3. The van der Waals surface area contributed by atoms with Crippen LogP contribution in [0.5, 0.6) is 0 Å². The van der Waals surface area contributed by atoms with E-state index in [0.717, 1.165) is 11.8 Å². The van der Waals surface area contributed by atoms with Crippen molar-refractivity contribution in [2.45, 2.75) is 64.5 Å². The van der Waals surface area contributed by atoms with E-state index in [9.17, 15) is 0 Å². The molecule has 1 heterocycles. The van der Waals surface area contributed by atoms with Crippen molar-refractivity contribution in [2.75, 3.05) is 40.3 Å². The van der Waals surface area contributed by atoms with Crippen LogP contribution < -0.4 is 5.32 Å². The normalized spacial score (nSPS) is 34.6. The molecule has 0 aromatic rings. The number of likely N-dealkylation sites (N-methyl/N-ethyl adjacent to an activating group) is 2. The predicted octanol–water partition coefficient (Wildman–Crippen LogP) is 2.82. The Balaban J connectivity index is 2.08. The molecule has 1 saturated heterocycles. The van der Waals surface area contributed by atoms with Crippen LogP contribution in [0, 0.1) is 11.8 Å². The number of nitrogens with one attached hydrogen (secondary N) is 1. The molecule has 0 amide bonds. The van der Waals surface area contributed by atoms with Crippen LogP contribution in [0.15, 0.2) is 0 Å². The smallest absolute Gasteiger partial charge is 0.0376 e. The van der Waals surface area contributed by atoms with Gasteiger partial charge in [-0.25, -0.2) is 0 Å². The van der Waals surface area contributed by atoms with Gasteiger partial charge in [0, 0.05) is 18.6 Å². The fourth-order valence-electron chi connectivity index (χ4n) is 4.43. The first-order chi connectivity index (χ1) is 10.1. The van der Waals surface area contributed by atoms with Crippen LogP contribution >= 0.6 is 0 Å². The number of nitrogens with zero attached hydrogens (tertiary/aromatic N) is 2. The highest BCUT2D eigenvalue weighted by Gasteiger charge is 2.35. The number of rotatable bonds is 5. The minimum absolute atomic E-state index is 0.679. The Bertz CT molecular complexity index is 294. The van der Waals surface area contributed by atoms with Gasteiger partial charge in [-0.1, -0.05) is 26.7 Å². The van der Waals surface area contributed by atoms with Crippen LogP contribution in [0.1, 0.15) is 52.4 Å². The summed E-state index contributed by atoms with van der Waals surface area (Å²) in [4.78, 5) is 5.18. The minimum atomic E-state index is 0.679. The molecule has 1 saturated carbocycles. The average molecular weight is 296 g/mol. The van der Waals surface area contributed by atoms with Gasteiger partial charge in [-0.15, -0.1) is 0 Å². The number of hydrogen-bond acceptors (Lipinski definition) is 3. The van der Waals surface area contributed by atoms with Crippen molar-refractivity contribution < 1.29 is 0 Å². The van der Waals surface area contributed by atoms with Gasteiger partial charge in [-0.05, 0) is 71.2 Å². The van der Waals surface area contributed by atoms with Crippen LogP contribution in [-0.2, 0) is 0 Å². The van der Waals surface area contributed by atoms with Crippen molar-refractivity contribution in [2.24, 2.45) is 11.8 Å². The molecule has 4 atom stereocenters. The van der Waals surface area contributed by atoms with Gasteiger partial charge in [-0.2, -0.15) is 0 Å². The van der Waals surface area contributed by atoms with E-state index in [2.05, 4.69) is 43.1 Å². The highest BCUT2D eigenvalue weighted by Crippen LogP contribution is 2.33. The second-order valence-electron chi connectivity index (χ2n) is 7.68. The zero-order valence-electron chi connectivity index (χ0n) is 14.8. The summed E-state index contributed by atoms with van der Waals surface area (Å²) >= 11 is 0. The van der Waals surface area contributed by atoms with Gasteiger partial charge in [0.1, 0.15) is 0 Å². The molecule has 1 aliphatic carbocycles. The van der Waals surface area contributed by atoms with Crippen molar-refractivity contribution >= 4 is 0 Å². The summed E-state index contributed by atoms with van der Waals surface area (Å²) in [6.45, 7) is 9.64. The molecule has 1 aliphatic heterocycles. The summed E-state index contributed by atoms with van der Waals surface area (Å²) in [6, 6.07) is 1.36. The second kappa shape index (κ2) is 8.50. The van der Waals surface area contributed by atoms with E-state index in [1.165, 1.54) is 64.7 Å². The first-order valence-electron chi connectivity index (χ1n) is 9.24.